The minimum absolute atomic E-state index is 0.280. The van der Waals surface area contributed by atoms with E-state index in [0.29, 0.717) is 24.7 Å². The largest absolute Gasteiger partial charge is 0.385 e. The molecule has 0 saturated carbocycles. The molecule has 30 heavy (non-hydrogen) atoms. The van der Waals surface area contributed by atoms with Gasteiger partial charge in [0.2, 0.25) is 5.96 Å². The van der Waals surface area contributed by atoms with Crippen molar-refractivity contribution in [2.24, 2.45) is 4.99 Å². The predicted octanol–water partition coefficient (Wildman–Crippen LogP) is 1.34. The number of likely N-dealkylation sites (N-methyl/N-ethyl adjacent to an activating group) is 1. The zero-order chi connectivity index (χ0) is 21.4. The van der Waals surface area contributed by atoms with Gasteiger partial charge in [0.1, 0.15) is 0 Å². The van der Waals surface area contributed by atoms with E-state index >= 15 is 0 Å². The number of guanidine groups is 1. The van der Waals surface area contributed by atoms with Gasteiger partial charge in [0.25, 0.3) is 5.91 Å². The van der Waals surface area contributed by atoms with Crippen molar-refractivity contribution in [3.63, 3.8) is 0 Å². The minimum Gasteiger partial charge on any atom is -0.385 e. The van der Waals surface area contributed by atoms with Crippen LogP contribution in [0.4, 0.5) is 4.79 Å². The van der Waals surface area contributed by atoms with Crippen molar-refractivity contribution in [2.45, 2.75) is 25.6 Å². The Balaban J connectivity index is 1.55. The van der Waals surface area contributed by atoms with Crippen LogP contribution in [0.5, 0.6) is 0 Å². The van der Waals surface area contributed by atoms with Gasteiger partial charge in [-0.25, -0.2) is 9.79 Å². The van der Waals surface area contributed by atoms with E-state index in [1.807, 2.05) is 29.0 Å². The summed E-state index contributed by atoms with van der Waals surface area (Å²) in [6.07, 6.45) is 2.08. The zero-order valence-electron chi connectivity index (χ0n) is 17.3. The molecule has 3 heterocycles. The van der Waals surface area contributed by atoms with Gasteiger partial charge < -0.3 is 19.4 Å². The Bertz CT molecular complexity index is 929. The summed E-state index contributed by atoms with van der Waals surface area (Å²) in [6, 6.07) is 7.48. The summed E-state index contributed by atoms with van der Waals surface area (Å²) in [5, 5.41) is 0. The fourth-order valence-electron chi connectivity index (χ4n) is 4.05. The van der Waals surface area contributed by atoms with Gasteiger partial charge in [-0.2, -0.15) is 0 Å². The first kappa shape index (κ1) is 20.1. The van der Waals surface area contributed by atoms with Gasteiger partial charge in [-0.3, -0.25) is 14.5 Å². The van der Waals surface area contributed by atoms with Crippen molar-refractivity contribution in [1.29, 1.82) is 0 Å². The SMILES string of the molecule is COCCCN1C(C)=CN2C1=NC1C2C(=O)N(CC(=O)c2ccccc2)C(=O)N1C. The van der Waals surface area contributed by atoms with Crippen molar-refractivity contribution in [1.82, 2.24) is 19.6 Å². The van der Waals surface area contributed by atoms with Crippen LogP contribution in [-0.4, -0.2) is 89.3 Å². The van der Waals surface area contributed by atoms with E-state index in [1.165, 1.54) is 4.90 Å². The van der Waals surface area contributed by atoms with Crippen LogP contribution in [-0.2, 0) is 9.53 Å². The van der Waals surface area contributed by atoms with E-state index in [0.717, 1.165) is 17.0 Å². The summed E-state index contributed by atoms with van der Waals surface area (Å²) in [5.41, 5.74) is 1.44. The molecular formula is C21H25N5O4. The number of methoxy groups -OCH3 is 1. The number of fused-ring (bicyclic) bond motifs is 3. The fraction of sp³-hybridized carbons (Fsp3) is 0.429. The Morgan fingerprint density at radius 3 is 2.60 bits per heavy atom. The highest BCUT2D eigenvalue weighted by Crippen LogP contribution is 2.34. The average Bonchev–Trinajstić information content (AvgIpc) is 3.26. The van der Waals surface area contributed by atoms with Gasteiger partial charge in [-0.1, -0.05) is 30.3 Å². The summed E-state index contributed by atoms with van der Waals surface area (Å²) >= 11 is 0. The maximum absolute atomic E-state index is 13.3. The molecule has 3 aliphatic rings. The van der Waals surface area contributed by atoms with Crippen molar-refractivity contribution in [2.75, 3.05) is 33.9 Å². The number of hydrogen-bond acceptors (Lipinski definition) is 7. The number of benzene rings is 1. The lowest BCUT2D eigenvalue weighted by Crippen LogP contribution is -2.64. The smallest absolute Gasteiger partial charge is 0.328 e. The van der Waals surface area contributed by atoms with Crippen LogP contribution in [0.25, 0.3) is 0 Å². The topological polar surface area (TPSA) is 85.8 Å². The number of hydrogen-bond donors (Lipinski definition) is 0. The van der Waals surface area contributed by atoms with Crippen LogP contribution in [0.3, 0.4) is 0 Å². The van der Waals surface area contributed by atoms with Crippen LogP contribution in [0.15, 0.2) is 47.2 Å². The molecule has 1 aromatic rings. The Labute approximate surface area is 175 Å². The first-order valence-electron chi connectivity index (χ1n) is 9.91. The Kier molecular flexibility index (Phi) is 5.29. The van der Waals surface area contributed by atoms with Crippen molar-refractivity contribution in [3.8, 4) is 0 Å². The second-order valence-electron chi connectivity index (χ2n) is 7.57. The van der Waals surface area contributed by atoms with Crippen LogP contribution < -0.4 is 0 Å². The lowest BCUT2D eigenvalue weighted by atomic mass is 10.1. The molecule has 1 fully saturated rings. The molecule has 0 spiro atoms. The summed E-state index contributed by atoms with van der Waals surface area (Å²) in [6.45, 7) is 2.99. The molecule has 1 saturated heterocycles. The molecule has 1 aromatic carbocycles. The first-order valence-corrected chi connectivity index (χ1v) is 9.91. The van der Waals surface area contributed by atoms with E-state index in [9.17, 15) is 14.4 Å². The predicted molar refractivity (Wildman–Crippen MR) is 109 cm³/mol. The number of imide groups is 1. The molecule has 3 aliphatic heterocycles. The van der Waals surface area contributed by atoms with E-state index in [4.69, 9.17) is 4.74 Å². The highest BCUT2D eigenvalue weighted by Gasteiger charge is 2.54. The number of rotatable bonds is 7. The molecule has 2 unspecified atom stereocenters. The molecule has 2 atom stereocenters. The lowest BCUT2D eigenvalue weighted by molar-refractivity contribution is -0.136. The van der Waals surface area contributed by atoms with Crippen molar-refractivity contribution in [3.05, 3.63) is 47.8 Å². The normalized spacial score (nSPS) is 22.9. The van der Waals surface area contributed by atoms with E-state index in [2.05, 4.69) is 4.99 Å². The molecule has 3 amide bonds. The quantitative estimate of drug-likeness (QED) is 0.497. The molecule has 4 rings (SSSR count). The minimum atomic E-state index is -0.673. The molecule has 9 heteroatoms. The zero-order valence-corrected chi connectivity index (χ0v) is 17.3. The van der Waals surface area contributed by atoms with E-state index in [-0.39, 0.29) is 12.3 Å². The highest BCUT2D eigenvalue weighted by molar-refractivity contribution is 6.09. The number of ketones is 1. The average molecular weight is 411 g/mol. The Morgan fingerprint density at radius 1 is 1.17 bits per heavy atom. The number of allylic oxidation sites excluding steroid dienone is 1. The number of urea groups is 1. The highest BCUT2D eigenvalue weighted by atomic mass is 16.5. The summed E-state index contributed by atoms with van der Waals surface area (Å²) < 4.78 is 5.13. The lowest BCUT2D eigenvalue weighted by Gasteiger charge is -2.39. The number of aliphatic imine (C=N–C) groups is 1. The Hall–Kier alpha value is -3.20. The second-order valence-corrected chi connectivity index (χ2v) is 7.57. The van der Waals surface area contributed by atoms with Crippen LogP contribution in [0.2, 0.25) is 0 Å². The third-order valence-electron chi connectivity index (χ3n) is 5.63. The monoisotopic (exact) mass is 411 g/mol. The van der Waals surface area contributed by atoms with Crippen LogP contribution in [0.1, 0.15) is 23.7 Å². The van der Waals surface area contributed by atoms with Gasteiger partial charge >= 0.3 is 6.03 Å². The Morgan fingerprint density at radius 2 is 1.90 bits per heavy atom. The molecule has 0 radical (unpaired) electrons. The van der Waals surface area contributed by atoms with E-state index in [1.54, 1.807) is 38.4 Å². The third kappa shape index (κ3) is 3.24. The fourth-order valence-corrected chi connectivity index (χ4v) is 4.05. The van der Waals surface area contributed by atoms with Crippen LogP contribution in [0, 0.1) is 0 Å². The number of amides is 3. The standard InChI is InChI=1S/C21H25N5O4/c1-14-12-25-17-18(22-20(25)24(14)10-7-11-30-3)23(2)21(29)26(19(17)28)13-16(27)15-8-5-4-6-9-15/h4-6,8-9,12,17-18H,7,10-11,13H2,1-3H3. The first-order chi connectivity index (χ1) is 14.4. The molecular weight excluding hydrogens is 386 g/mol. The number of nitrogens with zero attached hydrogens (tertiary/aromatic N) is 5. The van der Waals surface area contributed by atoms with Gasteiger partial charge in [0.15, 0.2) is 18.0 Å². The number of carbonyl (C=O) groups excluding carboxylic acids is 3. The summed E-state index contributed by atoms with van der Waals surface area (Å²) in [7, 11) is 3.27. The maximum Gasteiger partial charge on any atom is 0.328 e. The van der Waals surface area contributed by atoms with Crippen molar-refractivity contribution >= 4 is 23.7 Å². The molecule has 0 N–H and O–H groups in total. The summed E-state index contributed by atoms with van der Waals surface area (Å²) in [5.74, 6) is -0.0330. The van der Waals surface area contributed by atoms with Gasteiger partial charge in [-0.05, 0) is 13.3 Å². The molecule has 0 aliphatic carbocycles. The molecule has 9 nitrogen and oxygen atoms in total. The molecule has 0 bridgehead atoms. The molecule has 0 aromatic heterocycles. The number of ether oxygens (including phenoxy) is 1. The van der Waals surface area contributed by atoms with Crippen LogP contribution >= 0.6 is 0 Å². The third-order valence-corrected chi connectivity index (χ3v) is 5.63. The maximum atomic E-state index is 13.3. The summed E-state index contributed by atoms with van der Waals surface area (Å²) in [4.78, 5) is 49.8. The number of carbonyl (C=O) groups is 3. The number of Topliss-reactive ketones (excluding diaryl/α,β-unsaturated/α-hetero) is 1. The van der Waals surface area contributed by atoms with Crippen molar-refractivity contribution < 1.29 is 19.1 Å². The van der Waals surface area contributed by atoms with Gasteiger partial charge in [0, 0.05) is 44.8 Å². The van der Waals surface area contributed by atoms with E-state index < -0.39 is 24.1 Å². The van der Waals surface area contributed by atoms with Gasteiger partial charge in [0.05, 0.1) is 6.54 Å². The second kappa shape index (κ2) is 7.91. The molecule has 158 valence electrons. The van der Waals surface area contributed by atoms with Gasteiger partial charge in [-0.15, -0.1) is 0 Å².